The minimum Gasteiger partial charge on any atom is -0.253 e. The van der Waals surface area contributed by atoms with Gasteiger partial charge in [0, 0.05) is 12.6 Å². The van der Waals surface area contributed by atoms with Gasteiger partial charge in [-0.3, -0.25) is 5.01 Å². The zero-order valence-electron chi connectivity index (χ0n) is 6.52. The van der Waals surface area contributed by atoms with Crippen molar-refractivity contribution in [2.45, 2.75) is 10.5 Å². The first kappa shape index (κ1) is 8.04. The van der Waals surface area contributed by atoms with Crippen LogP contribution in [0.2, 0.25) is 0 Å². The van der Waals surface area contributed by atoms with Crippen LogP contribution in [-0.4, -0.2) is 10.3 Å². The topological polar surface area (TPSA) is 15.6 Å². The molecule has 0 spiro atoms. The normalized spacial score (nSPS) is 21.8. The molecule has 1 atom stereocenters. The van der Waals surface area contributed by atoms with Crippen LogP contribution in [0, 0.1) is 0 Å². The van der Waals surface area contributed by atoms with Crippen molar-refractivity contribution in [3.8, 4) is 0 Å². The van der Waals surface area contributed by atoms with E-state index in [0.29, 0.717) is 4.05 Å². The van der Waals surface area contributed by atoms with Gasteiger partial charge in [0.2, 0.25) is 0 Å². The molecule has 0 aromatic heterocycles. The van der Waals surface area contributed by atoms with Gasteiger partial charge in [-0.15, -0.1) is 0 Å². The first-order valence-corrected chi connectivity index (χ1v) is 5.13. The minimum absolute atomic E-state index is 0.477. The highest BCUT2D eigenvalue weighted by Gasteiger charge is 2.17. The molecular weight excluding hydrogens is 263 g/mol. The molecule has 3 heteroatoms. The Balaban J connectivity index is 2.25. The molecule has 1 heterocycles. The summed E-state index contributed by atoms with van der Waals surface area (Å²) in [5.41, 5.74) is 1.17. The lowest BCUT2D eigenvalue weighted by Gasteiger charge is -2.18. The van der Waals surface area contributed by atoms with Crippen molar-refractivity contribution in [1.82, 2.24) is 0 Å². The number of benzene rings is 1. The fraction of sp³-hybridized carbons (Fsp3) is 0.222. The van der Waals surface area contributed by atoms with Gasteiger partial charge in [-0.05, 0) is 12.1 Å². The number of para-hydroxylation sites is 1. The van der Waals surface area contributed by atoms with E-state index >= 15 is 0 Å². The van der Waals surface area contributed by atoms with Gasteiger partial charge >= 0.3 is 0 Å². The first-order valence-electron chi connectivity index (χ1n) is 3.89. The second kappa shape index (κ2) is 3.43. The molecule has 2 rings (SSSR count). The summed E-state index contributed by atoms with van der Waals surface area (Å²) in [5, 5.41) is 6.33. The third-order valence-electron chi connectivity index (χ3n) is 1.79. The Bertz CT molecular complexity index is 284. The number of hydrogen-bond acceptors (Lipinski definition) is 2. The van der Waals surface area contributed by atoms with Gasteiger partial charge in [0.1, 0.15) is 4.05 Å². The predicted octanol–water partition coefficient (Wildman–Crippen LogP) is 2.64. The van der Waals surface area contributed by atoms with Crippen LogP contribution in [0.5, 0.6) is 0 Å². The molecular formula is C9H9IN2. The number of hydrogen-bond donors (Lipinski definition) is 0. The molecule has 0 fully saturated rings. The lowest BCUT2D eigenvalue weighted by atomic mass is 10.3. The molecule has 0 saturated heterocycles. The maximum atomic E-state index is 4.29. The van der Waals surface area contributed by atoms with Gasteiger partial charge in [0.05, 0.1) is 5.69 Å². The van der Waals surface area contributed by atoms with Gasteiger partial charge in [0.15, 0.2) is 0 Å². The van der Waals surface area contributed by atoms with E-state index in [2.05, 4.69) is 39.8 Å². The van der Waals surface area contributed by atoms with Gasteiger partial charge in [-0.25, -0.2) is 0 Å². The van der Waals surface area contributed by atoms with Crippen LogP contribution in [0.1, 0.15) is 6.42 Å². The minimum atomic E-state index is 0.477. The molecule has 62 valence electrons. The smallest absolute Gasteiger partial charge is 0.109 e. The lowest BCUT2D eigenvalue weighted by Crippen LogP contribution is -2.19. The number of rotatable bonds is 1. The van der Waals surface area contributed by atoms with E-state index < -0.39 is 0 Å². The predicted molar refractivity (Wildman–Crippen MR) is 59.8 cm³/mol. The first-order chi connectivity index (χ1) is 5.88. The number of alkyl halides is 1. The molecule has 1 aromatic carbocycles. The standard InChI is InChI=1S/C9H9IN2/c10-9-6-7-11-12(9)8-4-2-1-3-5-8/h1-5,7,9H,6H2. The highest BCUT2D eigenvalue weighted by atomic mass is 127. The fourth-order valence-electron chi connectivity index (χ4n) is 1.20. The van der Waals surface area contributed by atoms with E-state index in [-0.39, 0.29) is 0 Å². The Morgan fingerprint density at radius 2 is 2.08 bits per heavy atom. The van der Waals surface area contributed by atoms with Gasteiger partial charge in [-0.2, -0.15) is 5.10 Å². The Hall–Kier alpha value is -0.580. The fourth-order valence-corrected chi connectivity index (χ4v) is 1.90. The average Bonchev–Trinajstić information content (AvgIpc) is 2.53. The molecule has 0 radical (unpaired) electrons. The molecule has 0 amide bonds. The monoisotopic (exact) mass is 272 g/mol. The maximum Gasteiger partial charge on any atom is 0.109 e. The molecule has 1 aliphatic heterocycles. The number of nitrogens with zero attached hydrogens (tertiary/aromatic N) is 2. The summed E-state index contributed by atoms with van der Waals surface area (Å²) in [7, 11) is 0. The summed E-state index contributed by atoms with van der Waals surface area (Å²) >= 11 is 2.40. The van der Waals surface area contributed by atoms with E-state index in [4.69, 9.17) is 0 Å². The summed E-state index contributed by atoms with van der Waals surface area (Å²) in [5.74, 6) is 0. The van der Waals surface area contributed by atoms with Crippen LogP contribution in [0.25, 0.3) is 0 Å². The lowest BCUT2D eigenvalue weighted by molar-refractivity contribution is 0.895. The van der Waals surface area contributed by atoms with E-state index in [1.165, 1.54) is 5.69 Å². The van der Waals surface area contributed by atoms with Crippen LogP contribution >= 0.6 is 22.6 Å². The largest absolute Gasteiger partial charge is 0.253 e. The molecule has 1 aromatic rings. The molecule has 0 bridgehead atoms. The summed E-state index contributed by atoms with van der Waals surface area (Å²) in [4.78, 5) is 0. The SMILES string of the molecule is IC1CC=NN1c1ccccc1. The van der Waals surface area contributed by atoms with E-state index in [9.17, 15) is 0 Å². The third-order valence-corrected chi connectivity index (χ3v) is 2.83. The summed E-state index contributed by atoms with van der Waals surface area (Å²) in [6.07, 6.45) is 3.00. The molecule has 1 unspecified atom stereocenters. The molecule has 0 saturated carbocycles. The number of anilines is 1. The highest BCUT2D eigenvalue weighted by molar-refractivity contribution is 14.1. The third kappa shape index (κ3) is 1.46. The second-order valence-corrected chi connectivity index (χ2v) is 4.09. The van der Waals surface area contributed by atoms with E-state index in [0.717, 1.165) is 6.42 Å². The Morgan fingerprint density at radius 3 is 2.67 bits per heavy atom. The van der Waals surface area contributed by atoms with Crippen molar-refractivity contribution < 1.29 is 0 Å². The second-order valence-electron chi connectivity index (χ2n) is 2.65. The Labute approximate surface area is 85.4 Å². The number of halogens is 1. The molecule has 1 aliphatic rings. The van der Waals surface area contributed by atoms with Crippen molar-refractivity contribution >= 4 is 34.5 Å². The van der Waals surface area contributed by atoms with Crippen LogP contribution in [0.15, 0.2) is 35.4 Å². The van der Waals surface area contributed by atoms with Crippen LogP contribution < -0.4 is 5.01 Å². The maximum absolute atomic E-state index is 4.29. The molecule has 0 N–H and O–H groups in total. The van der Waals surface area contributed by atoms with Crippen LogP contribution in [-0.2, 0) is 0 Å². The summed E-state index contributed by atoms with van der Waals surface area (Å²) < 4.78 is 0.477. The van der Waals surface area contributed by atoms with Crippen LogP contribution in [0.3, 0.4) is 0 Å². The van der Waals surface area contributed by atoms with Crippen molar-refractivity contribution in [3.05, 3.63) is 30.3 Å². The zero-order valence-corrected chi connectivity index (χ0v) is 8.68. The van der Waals surface area contributed by atoms with Crippen LogP contribution in [0.4, 0.5) is 5.69 Å². The van der Waals surface area contributed by atoms with Crippen molar-refractivity contribution in [2.24, 2.45) is 5.10 Å². The van der Waals surface area contributed by atoms with Gasteiger partial charge < -0.3 is 0 Å². The summed E-state index contributed by atoms with van der Waals surface area (Å²) in [6.45, 7) is 0. The van der Waals surface area contributed by atoms with Crippen molar-refractivity contribution in [2.75, 3.05) is 5.01 Å². The molecule has 2 nitrogen and oxygen atoms in total. The van der Waals surface area contributed by atoms with Crippen molar-refractivity contribution in [1.29, 1.82) is 0 Å². The average molecular weight is 272 g/mol. The Kier molecular flexibility index (Phi) is 2.30. The highest BCUT2D eigenvalue weighted by Crippen LogP contribution is 2.25. The number of hydrazone groups is 1. The van der Waals surface area contributed by atoms with Crippen molar-refractivity contribution in [3.63, 3.8) is 0 Å². The van der Waals surface area contributed by atoms with Gasteiger partial charge in [-0.1, -0.05) is 40.8 Å². The quantitative estimate of drug-likeness (QED) is 0.436. The zero-order chi connectivity index (χ0) is 8.39. The van der Waals surface area contributed by atoms with Gasteiger partial charge in [0.25, 0.3) is 0 Å². The van der Waals surface area contributed by atoms with E-state index in [1.54, 1.807) is 0 Å². The molecule has 12 heavy (non-hydrogen) atoms. The Morgan fingerprint density at radius 1 is 1.33 bits per heavy atom. The molecule has 0 aliphatic carbocycles. The van der Waals surface area contributed by atoms with E-state index in [1.807, 2.05) is 29.4 Å². The summed E-state index contributed by atoms with van der Waals surface area (Å²) in [6, 6.07) is 10.2.